The summed E-state index contributed by atoms with van der Waals surface area (Å²) in [4.78, 5) is 11.8. The van der Waals surface area contributed by atoms with Gasteiger partial charge >= 0.3 is 0 Å². The Hall–Kier alpha value is -0.430. The van der Waals surface area contributed by atoms with Crippen LogP contribution in [0.25, 0.3) is 11.2 Å². The summed E-state index contributed by atoms with van der Waals surface area (Å²) in [6, 6.07) is 0. The van der Waals surface area contributed by atoms with E-state index in [1.807, 2.05) is 0 Å². The van der Waals surface area contributed by atoms with Gasteiger partial charge in [0.25, 0.3) is 0 Å². The number of imidazole rings is 1. The fraction of sp³-hybridized carbons (Fsp3) is 0. The highest BCUT2D eigenvalue weighted by molar-refractivity contribution is 14.1. The van der Waals surface area contributed by atoms with Crippen molar-refractivity contribution in [1.29, 1.82) is 0 Å². The molecule has 0 spiro atoms. The number of nitrogens with zero attached hydrogens (tertiary/aromatic N) is 4. The smallest absolute Gasteiger partial charge is 0.173 e. The van der Waals surface area contributed by atoms with Crippen LogP contribution < -0.4 is 0 Å². The first-order valence-corrected chi connectivity index (χ1v) is 4.13. The van der Waals surface area contributed by atoms with E-state index in [4.69, 9.17) is 11.6 Å². The topological polar surface area (TPSA) is 43.6 Å². The Labute approximate surface area is 81.1 Å². The maximum Gasteiger partial charge on any atom is 0.173 e. The quantitative estimate of drug-likeness (QED) is 0.545. The van der Waals surface area contributed by atoms with Gasteiger partial charge in [0.05, 0.1) is 22.9 Å². The normalized spacial score (nSPS) is 10.7. The number of halogens is 2. The molecule has 0 fully saturated rings. The Morgan fingerprint density at radius 1 is 1.36 bits per heavy atom. The van der Waals surface area contributed by atoms with E-state index in [1.165, 1.54) is 6.33 Å². The molecule has 2 aromatic heterocycles. The number of aromatic nitrogens is 4. The maximum atomic E-state index is 5.74. The largest absolute Gasteiger partial charge is 0.254 e. The van der Waals surface area contributed by atoms with Gasteiger partial charge in [0.1, 0.15) is 18.2 Å². The molecule has 2 heterocycles. The van der Waals surface area contributed by atoms with E-state index in [0.29, 0.717) is 10.7 Å². The molecule has 4 nitrogen and oxygen atoms in total. The van der Waals surface area contributed by atoms with Crippen molar-refractivity contribution >= 4 is 45.6 Å². The third kappa shape index (κ3) is 1.08. The monoisotopic (exact) mass is 280 g/mol. The van der Waals surface area contributed by atoms with E-state index in [-0.39, 0.29) is 0 Å². The highest BCUT2D eigenvalue weighted by Crippen LogP contribution is 2.17. The van der Waals surface area contributed by atoms with Crippen molar-refractivity contribution in [2.24, 2.45) is 0 Å². The van der Waals surface area contributed by atoms with Crippen molar-refractivity contribution < 1.29 is 0 Å². The Morgan fingerprint density at radius 2 is 2.18 bits per heavy atom. The first-order chi connectivity index (χ1) is 5.29. The number of hydrogen-bond donors (Lipinski definition) is 0. The standard InChI is InChI=1S/C5H2ClIN4/c6-4-3-5(9-1-8-4)11(7)2-10-3/h1-2H. The van der Waals surface area contributed by atoms with Crippen LogP contribution in [0.15, 0.2) is 12.7 Å². The number of hydrogen-bond acceptors (Lipinski definition) is 3. The highest BCUT2D eigenvalue weighted by atomic mass is 127. The summed E-state index contributed by atoms with van der Waals surface area (Å²) in [5.41, 5.74) is 1.38. The Kier molecular flexibility index (Phi) is 1.68. The van der Waals surface area contributed by atoms with Crippen molar-refractivity contribution in [2.45, 2.75) is 0 Å². The second-order valence-electron chi connectivity index (χ2n) is 1.89. The molecule has 0 aliphatic heterocycles. The summed E-state index contributed by atoms with van der Waals surface area (Å²) in [5.74, 6) is 0. The Bertz CT molecular complexity index is 398. The van der Waals surface area contributed by atoms with Crippen molar-refractivity contribution in [3.05, 3.63) is 17.8 Å². The van der Waals surface area contributed by atoms with E-state index in [9.17, 15) is 0 Å². The van der Waals surface area contributed by atoms with Gasteiger partial charge in [-0.3, -0.25) is 2.78 Å². The van der Waals surface area contributed by atoms with Crippen LogP contribution in [-0.4, -0.2) is 17.7 Å². The van der Waals surface area contributed by atoms with Crippen molar-refractivity contribution in [1.82, 2.24) is 17.7 Å². The molecule has 0 N–H and O–H groups in total. The molecule has 0 saturated heterocycles. The summed E-state index contributed by atoms with van der Waals surface area (Å²) in [6.07, 6.45) is 3.06. The minimum absolute atomic E-state index is 0.394. The Morgan fingerprint density at radius 3 is 2.91 bits per heavy atom. The van der Waals surface area contributed by atoms with E-state index >= 15 is 0 Å². The van der Waals surface area contributed by atoms with Gasteiger partial charge in [-0.25, -0.2) is 15.0 Å². The molecule has 2 aromatic rings. The highest BCUT2D eigenvalue weighted by Gasteiger charge is 2.05. The molecule has 0 unspecified atom stereocenters. The number of fused-ring (bicyclic) bond motifs is 1. The SMILES string of the molecule is Clc1ncnc2c1ncn2I. The second-order valence-corrected chi connectivity index (χ2v) is 3.29. The molecule has 0 aliphatic rings. The van der Waals surface area contributed by atoms with E-state index in [1.54, 1.807) is 9.11 Å². The second kappa shape index (κ2) is 2.56. The summed E-state index contributed by atoms with van der Waals surface area (Å²) < 4.78 is 1.76. The fourth-order valence-electron chi connectivity index (χ4n) is 0.779. The van der Waals surface area contributed by atoms with Gasteiger partial charge in [-0.2, -0.15) is 0 Å². The van der Waals surface area contributed by atoms with Gasteiger partial charge in [0.15, 0.2) is 10.8 Å². The molecular weight excluding hydrogens is 278 g/mol. The molecule has 0 atom stereocenters. The van der Waals surface area contributed by atoms with E-state index in [0.717, 1.165) is 5.65 Å². The van der Waals surface area contributed by atoms with Crippen LogP contribution >= 0.6 is 34.5 Å². The molecule has 6 heteroatoms. The summed E-state index contributed by atoms with van der Waals surface area (Å²) in [7, 11) is 0. The molecule has 0 aliphatic carbocycles. The van der Waals surface area contributed by atoms with Crippen LogP contribution in [0.2, 0.25) is 5.15 Å². The van der Waals surface area contributed by atoms with E-state index < -0.39 is 0 Å². The minimum Gasteiger partial charge on any atom is -0.254 e. The molecule has 11 heavy (non-hydrogen) atoms. The van der Waals surface area contributed by atoms with Crippen LogP contribution in [0.5, 0.6) is 0 Å². The van der Waals surface area contributed by atoms with Crippen molar-refractivity contribution in [3.63, 3.8) is 0 Å². The lowest BCUT2D eigenvalue weighted by molar-refractivity contribution is 1.19. The molecular formula is C5H2ClIN4. The van der Waals surface area contributed by atoms with Gasteiger partial charge < -0.3 is 0 Å². The lowest BCUT2D eigenvalue weighted by atomic mass is 10.6. The van der Waals surface area contributed by atoms with Gasteiger partial charge in [0.2, 0.25) is 0 Å². The van der Waals surface area contributed by atoms with Crippen LogP contribution in [-0.2, 0) is 0 Å². The van der Waals surface area contributed by atoms with Gasteiger partial charge in [-0.15, -0.1) is 0 Å². The fourth-order valence-corrected chi connectivity index (χ4v) is 1.43. The predicted octanol–water partition coefficient (Wildman–Crippen LogP) is 1.68. The van der Waals surface area contributed by atoms with Gasteiger partial charge in [-0.05, 0) is 0 Å². The predicted molar refractivity (Wildman–Crippen MR) is 49.8 cm³/mol. The molecule has 2 rings (SSSR count). The zero-order valence-electron chi connectivity index (χ0n) is 5.20. The lowest BCUT2D eigenvalue weighted by Gasteiger charge is -1.89. The molecule has 56 valence electrons. The lowest BCUT2D eigenvalue weighted by Crippen LogP contribution is -1.83. The van der Waals surface area contributed by atoms with Crippen LogP contribution in [0.1, 0.15) is 0 Å². The van der Waals surface area contributed by atoms with Crippen LogP contribution in [0.3, 0.4) is 0 Å². The summed E-state index contributed by atoms with van der Waals surface area (Å²) >= 11 is 7.82. The molecule has 0 saturated carbocycles. The van der Waals surface area contributed by atoms with Gasteiger partial charge in [-0.1, -0.05) is 11.6 Å². The van der Waals surface area contributed by atoms with Crippen LogP contribution in [0, 0.1) is 0 Å². The zero-order valence-corrected chi connectivity index (χ0v) is 8.11. The molecule has 0 amide bonds. The van der Waals surface area contributed by atoms with E-state index in [2.05, 4.69) is 37.8 Å². The first-order valence-electron chi connectivity index (χ1n) is 2.79. The van der Waals surface area contributed by atoms with Crippen molar-refractivity contribution in [2.75, 3.05) is 0 Å². The summed E-state index contributed by atoms with van der Waals surface area (Å²) in [5, 5.41) is 0.394. The van der Waals surface area contributed by atoms with Crippen molar-refractivity contribution in [3.8, 4) is 0 Å². The average molecular weight is 280 g/mol. The Balaban J connectivity index is 2.94. The third-order valence-corrected chi connectivity index (χ3v) is 2.23. The zero-order chi connectivity index (χ0) is 7.84. The average Bonchev–Trinajstić information content (AvgIpc) is 2.35. The van der Waals surface area contributed by atoms with Gasteiger partial charge in [0, 0.05) is 0 Å². The third-order valence-electron chi connectivity index (χ3n) is 1.25. The molecule has 0 aromatic carbocycles. The first kappa shape index (κ1) is 7.23. The number of rotatable bonds is 0. The maximum absolute atomic E-state index is 5.74. The molecule has 0 bridgehead atoms. The molecule has 0 radical (unpaired) electrons. The van der Waals surface area contributed by atoms with Crippen LogP contribution in [0.4, 0.5) is 0 Å². The minimum atomic E-state index is 0.394. The summed E-state index contributed by atoms with van der Waals surface area (Å²) in [6.45, 7) is 0.